The van der Waals surface area contributed by atoms with Crippen LogP contribution in [0, 0.1) is 6.07 Å². The predicted molar refractivity (Wildman–Crippen MR) is 146 cm³/mol. The van der Waals surface area contributed by atoms with Gasteiger partial charge in [0.05, 0.1) is 15.3 Å². The van der Waals surface area contributed by atoms with E-state index in [1.54, 1.807) is 12.1 Å². The number of primary amides is 1. The van der Waals surface area contributed by atoms with Crippen molar-refractivity contribution >= 4 is 46.4 Å². The maximum absolute atomic E-state index is 13.6. The Kier molecular flexibility index (Phi) is 6.89. The number of benzene rings is 3. The Morgan fingerprint density at radius 1 is 0.917 bits per heavy atom. The molecule has 5 rings (SSSR count). The van der Waals surface area contributed by atoms with Crippen LogP contribution in [-0.2, 0) is 10.2 Å². The number of nitrogens with two attached hydrogens (primary N) is 1. The largest absolute Gasteiger partial charge is 0.369 e. The van der Waals surface area contributed by atoms with Gasteiger partial charge in [-0.2, -0.15) is 0 Å². The molecule has 2 N–H and O–H groups in total. The molecule has 181 valence electrons. The van der Waals surface area contributed by atoms with Gasteiger partial charge in [-0.1, -0.05) is 83.9 Å². The van der Waals surface area contributed by atoms with E-state index in [4.69, 9.17) is 28.9 Å². The normalized spacial score (nSPS) is 15.0. The van der Waals surface area contributed by atoms with Gasteiger partial charge in [-0.3, -0.25) is 9.59 Å². The predicted octanol–water partition coefficient (Wildman–Crippen LogP) is 6.85. The molecule has 4 aromatic rings. The molecule has 0 bridgehead atoms. The lowest BCUT2D eigenvalue weighted by Crippen LogP contribution is -2.51. The molecule has 0 saturated carbocycles. The zero-order valence-corrected chi connectivity index (χ0v) is 21.7. The molecule has 1 aliphatic rings. The first kappa shape index (κ1) is 24.6. The fourth-order valence-corrected chi connectivity index (χ4v) is 6.58. The number of piperidine rings is 1. The van der Waals surface area contributed by atoms with E-state index in [0.29, 0.717) is 40.9 Å². The third-order valence-corrected chi connectivity index (χ3v) is 8.55. The highest BCUT2D eigenvalue weighted by Gasteiger charge is 2.42. The lowest BCUT2D eigenvalue weighted by molar-refractivity contribution is -0.125. The molecular formula is C29H23Cl2N2O2S. The average Bonchev–Trinajstić information content (AvgIpc) is 3.34. The molecule has 3 aromatic carbocycles. The van der Waals surface area contributed by atoms with E-state index in [1.165, 1.54) is 11.3 Å². The van der Waals surface area contributed by atoms with Crippen LogP contribution in [0.2, 0.25) is 10.0 Å². The topological polar surface area (TPSA) is 63.4 Å². The molecule has 2 heterocycles. The van der Waals surface area contributed by atoms with E-state index in [1.807, 2.05) is 71.6 Å². The minimum Gasteiger partial charge on any atom is -0.369 e. The van der Waals surface area contributed by atoms with E-state index >= 15 is 0 Å². The van der Waals surface area contributed by atoms with Crippen molar-refractivity contribution in [2.24, 2.45) is 5.73 Å². The van der Waals surface area contributed by atoms with E-state index in [2.05, 4.69) is 6.07 Å². The van der Waals surface area contributed by atoms with Gasteiger partial charge in [-0.25, -0.2) is 0 Å². The van der Waals surface area contributed by atoms with Crippen LogP contribution in [0.25, 0.3) is 21.6 Å². The minimum atomic E-state index is -0.763. The Labute approximate surface area is 224 Å². The second-order valence-corrected chi connectivity index (χ2v) is 10.8. The van der Waals surface area contributed by atoms with Crippen molar-refractivity contribution in [1.82, 2.24) is 4.90 Å². The second kappa shape index (κ2) is 10.1. The Morgan fingerprint density at radius 2 is 1.61 bits per heavy atom. The Morgan fingerprint density at radius 3 is 2.25 bits per heavy atom. The van der Waals surface area contributed by atoms with Gasteiger partial charge in [0, 0.05) is 34.1 Å². The quantitative estimate of drug-likeness (QED) is 0.305. The number of likely N-dealkylation sites (tertiary alicyclic amines) is 1. The molecule has 1 saturated heterocycles. The SMILES string of the molecule is NC(=O)C1(c2ccccc2)CCN(C(=O)c2cc(-c3cc[c]cc3)c(-c3ccc(Cl)cc3Cl)s2)CC1. The molecule has 0 atom stereocenters. The standard InChI is InChI=1S/C29H23Cl2N2O2S/c30-21-11-12-22(24(31)17-21)26-23(19-7-3-1-4-8-19)18-25(36-26)27(34)33-15-13-29(14-16-33,28(32)35)20-9-5-2-6-10-20/h2-12,17-18H,13-16H2,(H2,32,35). The molecule has 36 heavy (non-hydrogen) atoms. The lowest BCUT2D eigenvalue weighted by Gasteiger charge is -2.40. The van der Waals surface area contributed by atoms with E-state index in [0.717, 1.165) is 27.1 Å². The monoisotopic (exact) mass is 533 g/mol. The van der Waals surface area contributed by atoms with Crippen molar-refractivity contribution in [3.63, 3.8) is 0 Å². The maximum atomic E-state index is 13.6. The van der Waals surface area contributed by atoms with Crippen molar-refractivity contribution in [1.29, 1.82) is 0 Å². The minimum absolute atomic E-state index is 0.0637. The third-order valence-electron chi connectivity index (χ3n) is 6.85. The molecular weight excluding hydrogens is 511 g/mol. The first-order chi connectivity index (χ1) is 17.4. The summed E-state index contributed by atoms with van der Waals surface area (Å²) >= 11 is 14.1. The molecule has 7 heteroatoms. The van der Waals surface area contributed by atoms with Crippen LogP contribution in [0.15, 0.2) is 78.9 Å². The number of amides is 2. The van der Waals surface area contributed by atoms with Gasteiger partial charge < -0.3 is 10.6 Å². The van der Waals surface area contributed by atoms with Gasteiger partial charge in [-0.15, -0.1) is 11.3 Å². The van der Waals surface area contributed by atoms with Crippen LogP contribution in [0.3, 0.4) is 0 Å². The molecule has 0 aliphatic carbocycles. The van der Waals surface area contributed by atoms with Crippen molar-refractivity contribution < 1.29 is 9.59 Å². The summed E-state index contributed by atoms with van der Waals surface area (Å²) in [5, 5.41) is 1.08. The summed E-state index contributed by atoms with van der Waals surface area (Å²) in [7, 11) is 0. The van der Waals surface area contributed by atoms with Gasteiger partial charge >= 0.3 is 0 Å². The van der Waals surface area contributed by atoms with Crippen molar-refractivity contribution in [3.8, 4) is 21.6 Å². The van der Waals surface area contributed by atoms with Crippen molar-refractivity contribution in [3.05, 3.63) is 105 Å². The summed E-state index contributed by atoms with van der Waals surface area (Å²) in [5.41, 5.74) is 8.74. The highest BCUT2D eigenvalue weighted by molar-refractivity contribution is 7.18. The van der Waals surface area contributed by atoms with Crippen LogP contribution < -0.4 is 5.73 Å². The Bertz CT molecular complexity index is 1410. The molecule has 0 unspecified atom stereocenters. The van der Waals surface area contributed by atoms with Gasteiger partial charge in [0.1, 0.15) is 0 Å². The number of carbonyl (C=O) groups excluding carboxylic acids is 2. The van der Waals surface area contributed by atoms with Gasteiger partial charge in [-0.05, 0) is 48.2 Å². The van der Waals surface area contributed by atoms with Crippen molar-refractivity contribution in [2.75, 3.05) is 13.1 Å². The third kappa shape index (κ3) is 4.55. The summed E-state index contributed by atoms with van der Waals surface area (Å²) in [6.07, 6.45) is 0.974. The lowest BCUT2D eigenvalue weighted by atomic mass is 9.72. The molecule has 0 spiro atoms. The number of hydrogen-bond donors (Lipinski definition) is 1. The fraction of sp³-hybridized carbons (Fsp3) is 0.172. The zero-order chi connectivity index (χ0) is 25.3. The average molecular weight is 534 g/mol. The molecule has 4 nitrogen and oxygen atoms in total. The molecule has 1 fully saturated rings. The second-order valence-electron chi connectivity index (χ2n) is 8.87. The van der Waals surface area contributed by atoms with Gasteiger partial charge in [0.25, 0.3) is 5.91 Å². The highest BCUT2D eigenvalue weighted by atomic mass is 35.5. The number of halogens is 2. The number of nitrogens with zero attached hydrogens (tertiary/aromatic N) is 1. The highest BCUT2D eigenvalue weighted by Crippen LogP contribution is 2.44. The molecule has 2 amide bonds. The number of carbonyl (C=O) groups is 2. The fourth-order valence-electron chi connectivity index (χ4n) is 4.83. The Balaban J connectivity index is 1.47. The van der Waals surface area contributed by atoms with Crippen LogP contribution in [0.1, 0.15) is 28.1 Å². The number of rotatable bonds is 5. The summed E-state index contributed by atoms with van der Waals surface area (Å²) in [4.78, 5) is 29.5. The summed E-state index contributed by atoms with van der Waals surface area (Å²) in [5.74, 6) is -0.411. The number of hydrogen-bond acceptors (Lipinski definition) is 3. The van der Waals surface area contributed by atoms with Crippen molar-refractivity contribution in [2.45, 2.75) is 18.3 Å². The van der Waals surface area contributed by atoms with Crippen LogP contribution in [0.5, 0.6) is 0 Å². The molecule has 1 aromatic heterocycles. The number of thiophene rings is 1. The summed E-state index contributed by atoms with van der Waals surface area (Å²) < 4.78 is 0. The smallest absolute Gasteiger partial charge is 0.263 e. The first-order valence-corrected chi connectivity index (χ1v) is 13.2. The first-order valence-electron chi connectivity index (χ1n) is 11.6. The van der Waals surface area contributed by atoms with E-state index in [-0.39, 0.29) is 11.8 Å². The van der Waals surface area contributed by atoms with E-state index in [9.17, 15) is 9.59 Å². The zero-order valence-electron chi connectivity index (χ0n) is 19.3. The van der Waals surface area contributed by atoms with Crippen LogP contribution in [-0.4, -0.2) is 29.8 Å². The maximum Gasteiger partial charge on any atom is 0.263 e. The van der Waals surface area contributed by atoms with Gasteiger partial charge in [0.2, 0.25) is 5.91 Å². The Hall–Kier alpha value is -3.12. The van der Waals surface area contributed by atoms with Crippen LogP contribution >= 0.6 is 34.5 Å². The molecule has 1 radical (unpaired) electrons. The van der Waals surface area contributed by atoms with Gasteiger partial charge in [0.15, 0.2) is 0 Å². The van der Waals surface area contributed by atoms with E-state index < -0.39 is 5.41 Å². The van der Waals surface area contributed by atoms with Crippen LogP contribution in [0.4, 0.5) is 0 Å². The molecule has 1 aliphatic heterocycles. The summed E-state index contributed by atoms with van der Waals surface area (Å²) in [6, 6.07) is 27.6. The summed E-state index contributed by atoms with van der Waals surface area (Å²) in [6.45, 7) is 0.891.